The highest BCUT2D eigenvalue weighted by Gasteiger charge is 2.42. The quantitative estimate of drug-likeness (QED) is 0.436. The van der Waals surface area contributed by atoms with Crippen molar-refractivity contribution in [2.45, 2.75) is 20.3 Å². The van der Waals surface area contributed by atoms with Crippen molar-refractivity contribution in [1.29, 1.82) is 0 Å². The molecule has 0 N–H and O–H groups in total. The zero-order valence-electron chi connectivity index (χ0n) is 7.66. The molecule has 68 valence electrons. The molecule has 3 heteroatoms. The van der Waals surface area contributed by atoms with Crippen LogP contribution >= 0.6 is 0 Å². The third-order valence-corrected chi connectivity index (χ3v) is 2.75. The lowest BCUT2D eigenvalue weighted by Gasteiger charge is -2.13. The average molecular weight is 170 g/mol. The summed E-state index contributed by atoms with van der Waals surface area (Å²) in [7, 11) is 1.32. The molecular formula is C9H14O3. The SMILES string of the molecule is COC(=O)C1C(=O)C[C@H](C)[C@H]1C. The third-order valence-electron chi connectivity index (χ3n) is 2.75. The van der Waals surface area contributed by atoms with Crippen LogP contribution in [0.15, 0.2) is 0 Å². The molecule has 0 aliphatic heterocycles. The van der Waals surface area contributed by atoms with E-state index in [9.17, 15) is 9.59 Å². The number of hydrogen-bond donors (Lipinski definition) is 0. The summed E-state index contributed by atoms with van der Waals surface area (Å²) >= 11 is 0. The molecule has 1 aliphatic rings. The summed E-state index contributed by atoms with van der Waals surface area (Å²) < 4.78 is 4.56. The monoisotopic (exact) mass is 170 g/mol. The molecule has 1 aliphatic carbocycles. The minimum Gasteiger partial charge on any atom is -0.468 e. The van der Waals surface area contributed by atoms with Gasteiger partial charge in [0.15, 0.2) is 0 Å². The zero-order chi connectivity index (χ0) is 9.30. The number of hydrogen-bond acceptors (Lipinski definition) is 3. The first-order chi connectivity index (χ1) is 5.57. The summed E-state index contributed by atoms with van der Waals surface area (Å²) in [6.07, 6.45) is 0.515. The summed E-state index contributed by atoms with van der Waals surface area (Å²) in [6.45, 7) is 3.92. The Hall–Kier alpha value is -0.860. The van der Waals surface area contributed by atoms with Crippen molar-refractivity contribution >= 4 is 11.8 Å². The van der Waals surface area contributed by atoms with Crippen molar-refractivity contribution in [3.05, 3.63) is 0 Å². The molecule has 0 heterocycles. The first-order valence-corrected chi connectivity index (χ1v) is 4.18. The number of carbonyl (C=O) groups is 2. The minimum absolute atomic E-state index is 0.0295. The molecular weight excluding hydrogens is 156 g/mol. The largest absolute Gasteiger partial charge is 0.468 e. The highest BCUT2D eigenvalue weighted by Crippen LogP contribution is 2.34. The van der Waals surface area contributed by atoms with Crippen LogP contribution in [0.3, 0.4) is 0 Å². The Kier molecular flexibility index (Phi) is 2.50. The molecule has 0 saturated heterocycles. The van der Waals surface area contributed by atoms with Crippen LogP contribution in [-0.4, -0.2) is 18.9 Å². The lowest BCUT2D eigenvalue weighted by Crippen LogP contribution is -2.25. The Balaban J connectivity index is 2.76. The first kappa shape index (κ1) is 9.23. The zero-order valence-corrected chi connectivity index (χ0v) is 7.66. The molecule has 0 radical (unpaired) electrons. The summed E-state index contributed by atoms with van der Waals surface area (Å²) in [5.74, 6) is -0.421. The molecule has 0 spiro atoms. The van der Waals surface area contributed by atoms with E-state index in [4.69, 9.17) is 0 Å². The van der Waals surface area contributed by atoms with Gasteiger partial charge in [-0.25, -0.2) is 0 Å². The van der Waals surface area contributed by atoms with Crippen molar-refractivity contribution in [3.8, 4) is 0 Å². The van der Waals surface area contributed by atoms with Gasteiger partial charge in [-0.2, -0.15) is 0 Å². The molecule has 0 aromatic rings. The topological polar surface area (TPSA) is 43.4 Å². The summed E-state index contributed by atoms with van der Waals surface area (Å²) in [5.41, 5.74) is 0. The van der Waals surface area contributed by atoms with Gasteiger partial charge in [0.05, 0.1) is 7.11 Å². The molecule has 12 heavy (non-hydrogen) atoms. The normalized spacial score (nSPS) is 35.2. The first-order valence-electron chi connectivity index (χ1n) is 4.18. The second-order valence-corrected chi connectivity index (χ2v) is 3.51. The van der Waals surface area contributed by atoms with Gasteiger partial charge in [0, 0.05) is 6.42 Å². The second kappa shape index (κ2) is 3.25. The van der Waals surface area contributed by atoms with Crippen molar-refractivity contribution in [2.24, 2.45) is 17.8 Å². The Labute approximate surface area is 72.1 Å². The van der Waals surface area contributed by atoms with Crippen LogP contribution in [-0.2, 0) is 14.3 Å². The van der Waals surface area contributed by atoms with E-state index in [0.717, 1.165) is 0 Å². The van der Waals surface area contributed by atoms with Gasteiger partial charge in [-0.1, -0.05) is 13.8 Å². The third kappa shape index (κ3) is 1.36. The van der Waals surface area contributed by atoms with Crippen molar-refractivity contribution in [2.75, 3.05) is 7.11 Å². The molecule has 0 aromatic carbocycles. The lowest BCUT2D eigenvalue weighted by atomic mass is 9.92. The maximum absolute atomic E-state index is 11.3. The van der Waals surface area contributed by atoms with Gasteiger partial charge in [0.2, 0.25) is 0 Å². The Bertz CT molecular complexity index is 202. The molecule has 0 amide bonds. The molecule has 1 fully saturated rings. The summed E-state index contributed by atoms with van der Waals surface area (Å²) in [5, 5.41) is 0. The van der Waals surface area contributed by atoms with Crippen LogP contribution in [0, 0.1) is 17.8 Å². The van der Waals surface area contributed by atoms with Gasteiger partial charge < -0.3 is 4.74 Å². The van der Waals surface area contributed by atoms with Gasteiger partial charge in [-0.05, 0) is 11.8 Å². The van der Waals surface area contributed by atoms with Crippen LogP contribution in [0.2, 0.25) is 0 Å². The predicted molar refractivity (Wildman–Crippen MR) is 43.5 cm³/mol. The molecule has 3 atom stereocenters. The highest BCUT2D eigenvalue weighted by molar-refractivity contribution is 6.01. The molecule has 0 bridgehead atoms. The van der Waals surface area contributed by atoms with Gasteiger partial charge in [-0.3, -0.25) is 9.59 Å². The van der Waals surface area contributed by atoms with E-state index in [1.165, 1.54) is 7.11 Å². The maximum Gasteiger partial charge on any atom is 0.316 e. The van der Waals surface area contributed by atoms with Gasteiger partial charge in [-0.15, -0.1) is 0 Å². The van der Waals surface area contributed by atoms with Crippen LogP contribution in [0.5, 0.6) is 0 Å². The second-order valence-electron chi connectivity index (χ2n) is 3.51. The van der Waals surface area contributed by atoms with Gasteiger partial charge in [0.1, 0.15) is 11.7 Å². The minimum atomic E-state index is -0.509. The fourth-order valence-corrected chi connectivity index (χ4v) is 1.73. The number of methoxy groups -OCH3 is 1. The van der Waals surface area contributed by atoms with Gasteiger partial charge >= 0.3 is 5.97 Å². The number of esters is 1. The van der Waals surface area contributed by atoms with E-state index in [0.29, 0.717) is 12.3 Å². The standard InChI is InChI=1S/C9H14O3/c1-5-4-7(10)8(6(5)2)9(11)12-3/h5-6,8H,4H2,1-3H3/t5-,6+,8?/m0/s1. The van der Waals surface area contributed by atoms with Crippen molar-refractivity contribution in [3.63, 3.8) is 0 Å². The van der Waals surface area contributed by atoms with Crippen molar-refractivity contribution in [1.82, 2.24) is 0 Å². The smallest absolute Gasteiger partial charge is 0.316 e. The van der Waals surface area contributed by atoms with Crippen LogP contribution in [0.4, 0.5) is 0 Å². The Morgan fingerprint density at radius 3 is 2.42 bits per heavy atom. The number of ether oxygens (including phenoxy) is 1. The fourth-order valence-electron chi connectivity index (χ4n) is 1.73. The molecule has 1 unspecified atom stereocenters. The molecule has 1 saturated carbocycles. The van der Waals surface area contributed by atoms with E-state index < -0.39 is 5.92 Å². The van der Waals surface area contributed by atoms with E-state index >= 15 is 0 Å². The molecule has 1 rings (SSSR count). The van der Waals surface area contributed by atoms with E-state index in [-0.39, 0.29) is 17.7 Å². The number of rotatable bonds is 1. The number of Topliss-reactive ketones (excluding diaryl/α,β-unsaturated/α-hetero) is 1. The van der Waals surface area contributed by atoms with E-state index in [2.05, 4.69) is 4.74 Å². The summed E-state index contributed by atoms with van der Waals surface area (Å²) in [6, 6.07) is 0. The van der Waals surface area contributed by atoms with Crippen molar-refractivity contribution < 1.29 is 14.3 Å². The predicted octanol–water partition coefficient (Wildman–Crippen LogP) is 1.02. The van der Waals surface area contributed by atoms with E-state index in [1.54, 1.807) is 0 Å². The molecule has 0 aromatic heterocycles. The highest BCUT2D eigenvalue weighted by atomic mass is 16.5. The molecule has 3 nitrogen and oxygen atoms in total. The average Bonchev–Trinajstić information content (AvgIpc) is 2.26. The van der Waals surface area contributed by atoms with Crippen LogP contribution in [0.1, 0.15) is 20.3 Å². The Morgan fingerprint density at radius 1 is 1.50 bits per heavy atom. The maximum atomic E-state index is 11.3. The fraction of sp³-hybridized carbons (Fsp3) is 0.778. The number of carbonyl (C=O) groups excluding carboxylic acids is 2. The Morgan fingerprint density at radius 2 is 2.08 bits per heavy atom. The van der Waals surface area contributed by atoms with Gasteiger partial charge in [0.25, 0.3) is 0 Å². The van der Waals surface area contributed by atoms with Crippen LogP contribution < -0.4 is 0 Å². The lowest BCUT2D eigenvalue weighted by molar-refractivity contribution is -0.149. The van der Waals surface area contributed by atoms with Crippen LogP contribution in [0.25, 0.3) is 0 Å². The van der Waals surface area contributed by atoms with E-state index in [1.807, 2.05) is 13.8 Å². The number of ketones is 1. The summed E-state index contributed by atoms with van der Waals surface area (Å²) in [4.78, 5) is 22.4.